The summed E-state index contributed by atoms with van der Waals surface area (Å²) in [6.45, 7) is 4.05. The predicted octanol–water partition coefficient (Wildman–Crippen LogP) is 4.78. The van der Waals surface area contributed by atoms with Gasteiger partial charge in [0.1, 0.15) is 23.2 Å². The maximum atomic E-state index is 13.2. The van der Waals surface area contributed by atoms with Gasteiger partial charge in [-0.1, -0.05) is 24.3 Å². The van der Waals surface area contributed by atoms with Crippen LogP contribution in [0.4, 0.5) is 11.5 Å². The second-order valence-electron chi connectivity index (χ2n) is 8.54. The van der Waals surface area contributed by atoms with Crippen molar-refractivity contribution in [3.63, 3.8) is 0 Å². The maximum absolute atomic E-state index is 13.2. The van der Waals surface area contributed by atoms with Crippen LogP contribution in [0.1, 0.15) is 52.4 Å². The number of Topliss-reactive ketones (excluding diaryl/α,β-unsaturated/α-hetero) is 1. The molecule has 1 amide bonds. The first kappa shape index (κ1) is 21.0. The Hall–Kier alpha value is -3.87. The molecule has 0 bridgehead atoms. The van der Waals surface area contributed by atoms with Crippen molar-refractivity contribution in [2.45, 2.75) is 39.2 Å². The molecule has 0 fully saturated rings. The Bertz CT molecular complexity index is 1300. The number of para-hydroxylation sites is 1. The summed E-state index contributed by atoms with van der Waals surface area (Å²) in [4.78, 5) is 26.2. The second-order valence-corrected chi connectivity index (χ2v) is 8.54. The number of nitrogens with zero attached hydrogens (tertiary/aromatic N) is 2. The van der Waals surface area contributed by atoms with E-state index in [0.717, 1.165) is 35.4 Å². The highest BCUT2D eigenvalue weighted by molar-refractivity contribution is 6.08. The van der Waals surface area contributed by atoms with Crippen LogP contribution in [-0.4, -0.2) is 28.6 Å². The first-order valence-corrected chi connectivity index (χ1v) is 11.1. The van der Waals surface area contributed by atoms with E-state index in [1.54, 1.807) is 18.0 Å². The number of amides is 1. The molecule has 1 atom stereocenters. The number of carbonyl (C=O) groups excluding carboxylic acids is 2. The molecule has 1 aliphatic carbocycles. The van der Waals surface area contributed by atoms with Gasteiger partial charge in [0.25, 0.3) is 5.91 Å². The molecule has 0 radical (unpaired) electrons. The number of rotatable bonds is 4. The van der Waals surface area contributed by atoms with Crippen molar-refractivity contribution in [2.24, 2.45) is 0 Å². The van der Waals surface area contributed by atoms with Gasteiger partial charge in [-0.3, -0.25) is 9.59 Å². The fourth-order valence-electron chi connectivity index (χ4n) is 4.62. The summed E-state index contributed by atoms with van der Waals surface area (Å²) in [6, 6.07) is 13.0. The van der Waals surface area contributed by atoms with Crippen molar-refractivity contribution in [3.8, 4) is 5.75 Å². The molecule has 0 unspecified atom stereocenters. The van der Waals surface area contributed by atoms with Gasteiger partial charge < -0.3 is 15.4 Å². The Balaban J connectivity index is 1.58. The van der Waals surface area contributed by atoms with E-state index in [-0.39, 0.29) is 11.7 Å². The number of hydrogen-bond acceptors (Lipinski definition) is 5. The smallest absolute Gasteiger partial charge is 0.261 e. The van der Waals surface area contributed by atoms with Gasteiger partial charge in [0, 0.05) is 28.9 Å². The van der Waals surface area contributed by atoms with E-state index in [1.807, 2.05) is 56.3 Å². The highest BCUT2D eigenvalue weighted by Gasteiger charge is 2.38. The quantitative estimate of drug-likeness (QED) is 0.607. The van der Waals surface area contributed by atoms with E-state index in [2.05, 4.69) is 15.7 Å². The van der Waals surface area contributed by atoms with Crippen molar-refractivity contribution in [1.29, 1.82) is 0 Å². The number of fused-ring (bicyclic) bond motifs is 1. The highest BCUT2D eigenvalue weighted by Crippen LogP contribution is 2.43. The summed E-state index contributed by atoms with van der Waals surface area (Å²) < 4.78 is 7.34. The van der Waals surface area contributed by atoms with E-state index in [4.69, 9.17) is 4.74 Å². The zero-order chi connectivity index (χ0) is 23.1. The van der Waals surface area contributed by atoms with Crippen LogP contribution in [-0.2, 0) is 4.79 Å². The fourth-order valence-corrected chi connectivity index (χ4v) is 4.62. The average Bonchev–Trinajstić information content (AvgIpc) is 3.24. The molecule has 2 aromatic carbocycles. The van der Waals surface area contributed by atoms with E-state index in [9.17, 15) is 9.59 Å². The van der Waals surface area contributed by atoms with Crippen LogP contribution in [0.5, 0.6) is 5.75 Å². The number of anilines is 2. The zero-order valence-corrected chi connectivity index (χ0v) is 18.9. The van der Waals surface area contributed by atoms with Gasteiger partial charge >= 0.3 is 0 Å². The largest absolute Gasteiger partial charge is 0.496 e. The molecule has 168 valence electrons. The Kier molecular flexibility index (Phi) is 5.24. The molecule has 7 heteroatoms. The molecule has 0 saturated heterocycles. The fraction of sp³-hybridized carbons (Fsp3) is 0.269. The summed E-state index contributed by atoms with van der Waals surface area (Å²) in [7, 11) is 1.62. The molecular formula is C26H26N4O3. The van der Waals surface area contributed by atoms with Gasteiger partial charge in [-0.25, -0.2) is 4.68 Å². The summed E-state index contributed by atoms with van der Waals surface area (Å²) in [5, 5.41) is 10.9. The first-order valence-electron chi connectivity index (χ1n) is 11.1. The summed E-state index contributed by atoms with van der Waals surface area (Å²) in [6.07, 6.45) is 3.59. The molecule has 0 spiro atoms. The molecule has 5 rings (SSSR count). The van der Waals surface area contributed by atoms with Gasteiger partial charge in [-0.05, 0) is 56.0 Å². The predicted molar refractivity (Wildman–Crippen MR) is 127 cm³/mol. The van der Waals surface area contributed by atoms with Gasteiger partial charge in [0.2, 0.25) is 0 Å². The molecule has 7 nitrogen and oxygen atoms in total. The minimum atomic E-state index is -0.455. The lowest BCUT2D eigenvalue weighted by molar-refractivity contribution is -0.116. The number of benzene rings is 2. The number of hydrogen-bond donors (Lipinski definition) is 2. The topological polar surface area (TPSA) is 85.2 Å². The molecule has 33 heavy (non-hydrogen) atoms. The van der Waals surface area contributed by atoms with Crippen molar-refractivity contribution in [2.75, 3.05) is 17.7 Å². The van der Waals surface area contributed by atoms with E-state index < -0.39 is 6.04 Å². The summed E-state index contributed by atoms with van der Waals surface area (Å²) in [5.41, 5.74) is 5.83. The van der Waals surface area contributed by atoms with Crippen LogP contribution in [0.15, 0.2) is 59.9 Å². The van der Waals surface area contributed by atoms with Crippen molar-refractivity contribution < 1.29 is 14.3 Å². The SMILES string of the molecule is COc1ccccc1[C@@H]1C2=C(CCCC2=O)Nc2c(C(=O)Nc3ccc(C)c(C)c3)cnn21. The molecule has 1 aliphatic heterocycles. The van der Waals surface area contributed by atoms with Gasteiger partial charge in [0.05, 0.1) is 13.3 Å². The number of nitrogens with one attached hydrogen (secondary N) is 2. The molecule has 3 aromatic rings. The number of ether oxygens (including phenoxy) is 1. The second kappa shape index (κ2) is 8.24. The minimum Gasteiger partial charge on any atom is -0.496 e. The van der Waals surface area contributed by atoms with Crippen molar-refractivity contribution in [1.82, 2.24) is 9.78 Å². The third kappa shape index (κ3) is 3.59. The summed E-state index contributed by atoms with van der Waals surface area (Å²) >= 11 is 0. The molecule has 2 N–H and O–H groups in total. The molecule has 1 aromatic heterocycles. The summed E-state index contributed by atoms with van der Waals surface area (Å²) in [5.74, 6) is 1.11. The van der Waals surface area contributed by atoms with Crippen LogP contribution in [0.25, 0.3) is 0 Å². The Morgan fingerprint density at radius 1 is 1.15 bits per heavy atom. The van der Waals surface area contributed by atoms with E-state index >= 15 is 0 Å². The number of allylic oxidation sites excluding steroid dienone is 2. The number of methoxy groups -OCH3 is 1. The molecule has 2 heterocycles. The number of carbonyl (C=O) groups is 2. The lowest BCUT2D eigenvalue weighted by atomic mass is 9.85. The minimum absolute atomic E-state index is 0.0990. The van der Waals surface area contributed by atoms with Crippen LogP contribution in [0.2, 0.25) is 0 Å². The number of aryl methyl sites for hydroxylation is 2. The Morgan fingerprint density at radius 2 is 1.97 bits per heavy atom. The van der Waals surface area contributed by atoms with E-state index in [1.165, 1.54) is 5.56 Å². The average molecular weight is 443 g/mol. The van der Waals surface area contributed by atoms with Crippen LogP contribution >= 0.6 is 0 Å². The molecule has 0 saturated carbocycles. The van der Waals surface area contributed by atoms with Crippen molar-refractivity contribution in [3.05, 3.63) is 82.2 Å². The third-order valence-corrected chi connectivity index (χ3v) is 6.48. The lowest BCUT2D eigenvalue weighted by Gasteiger charge is -2.34. The highest BCUT2D eigenvalue weighted by atomic mass is 16.5. The lowest BCUT2D eigenvalue weighted by Crippen LogP contribution is -2.32. The number of ketones is 1. The number of aromatic nitrogens is 2. The molecule has 2 aliphatic rings. The van der Waals surface area contributed by atoms with Crippen LogP contribution in [0, 0.1) is 13.8 Å². The first-order chi connectivity index (χ1) is 16.0. The normalized spacial score (nSPS) is 17.2. The van der Waals surface area contributed by atoms with E-state index in [0.29, 0.717) is 29.1 Å². The third-order valence-electron chi connectivity index (χ3n) is 6.48. The van der Waals surface area contributed by atoms with Crippen LogP contribution in [0.3, 0.4) is 0 Å². The zero-order valence-electron chi connectivity index (χ0n) is 18.9. The standard InChI is InChI=1S/C26H26N4O3/c1-15-11-12-17(13-16(15)2)28-26(32)19-14-27-30-24(18-7-4-5-10-22(18)33-3)23-20(29-25(19)30)8-6-9-21(23)31/h4-5,7,10-14,24,29H,6,8-9H2,1-3H3,(H,28,32)/t24-/m1/s1. The Labute approximate surface area is 192 Å². The van der Waals surface area contributed by atoms with Gasteiger partial charge in [-0.15, -0.1) is 0 Å². The monoisotopic (exact) mass is 442 g/mol. The van der Waals surface area contributed by atoms with Gasteiger partial charge in [-0.2, -0.15) is 5.10 Å². The Morgan fingerprint density at radius 3 is 2.76 bits per heavy atom. The molecular weight excluding hydrogens is 416 g/mol. The van der Waals surface area contributed by atoms with Crippen LogP contribution < -0.4 is 15.4 Å². The van der Waals surface area contributed by atoms with Crippen molar-refractivity contribution >= 4 is 23.2 Å². The maximum Gasteiger partial charge on any atom is 0.261 e. The van der Waals surface area contributed by atoms with Gasteiger partial charge in [0.15, 0.2) is 5.78 Å².